The molecule has 2 aromatic rings. The number of aromatic nitrogens is 1. The molecule has 0 aliphatic heterocycles. The van der Waals surface area contributed by atoms with E-state index >= 15 is 0 Å². The maximum absolute atomic E-state index is 12.0. The lowest BCUT2D eigenvalue weighted by Crippen LogP contribution is -2.07. The molecule has 0 amide bonds. The van der Waals surface area contributed by atoms with Crippen LogP contribution in [0.3, 0.4) is 0 Å². The standard InChI is InChI=1S/C15H14ClNO4/c1-19-11-5-6-13(20-2)10(8-11)9-21-15(18)12-4-3-7-17-14(12)16/h3-8H,9H2,1-2H3. The summed E-state index contributed by atoms with van der Waals surface area (Å²) < 4.78 is 15.6. The summed E-state index contributed by atoms with van der Waals surface area (Å²) in [6.07, 6.45) is 1.50. The summed E-state index contributed by atoms with van der Waals surface area (Å²) in [6.45, 7) is 0.0461. The molecule has 0 bridgehead atoms. The molecule has 5 nitrogen and oxygen atoms in total. The second kappa shape index (κ2) is 6.95. The molecule has 0 saturated carbocycles. The van der Waals surface area contributed by atoms with Gasteiger partial charge in [-0.05, 0) is 30.3 Å². The number of carbonyl (C=O) groups is 1. The normalized spacial score (nSPS) is 10.0. The molecule has 1 aromatic carbocycles. The monoisotopic (exact) mass is 307 g/mol. The zero-order valence-corrected chi connectivity index (χ0v) is 12.4. The molecule has 2 rings (SSSR count). The first kappa shape index (κ1) is 15.1. The summed E-state index contributed by atoms with van der Waals surface area (Å²) in [5.74, 6) is 0.722. The Kier molecular flexibility index (Phi) is 5.00. The molecule has 6 heteroatoms. The lowest BCUT2D eigenvalue weighted by molar-refractivity contribution is 0.0469. The topological polar surface area (TPSA) is 57.7 Å². The maximum Gasteiger partial charge on any atom is 0.341 e. The van der Waals surface area contributed by atoms with Crippen molar-refractivity contribution in [2.24, 2.45) is 0 Å². The zero-order valence-electron chi connectivity index (χ0n) is 11.6. The van der Waals surface area contributed by atoms with Crippen LogP contribution < -0.4 is 9.47 Å². The fourth-order valence-electron chi connectivity index (χ4n) is 1.75. The van der Waals surface area contributed by atoms with Gasteiger partial charge in [0.15, 0.2) is 0 Å². The first-order valence-electron chi connectivity index (χ1n) is 6.14. The molecule has 0 atom stereocenters. The van der Waals surface area contributed by atoms with Crippen LogP contribution in [-0.2, 0) is 11.3 Å². The Hall–Kier alpha value is -2.27. The number of rotatable bonds is 5. The highest BCUT2D eigenvalue weighted by atomic mass is 35.5. The summed E-state index contributed by atoms with van der Waals surface area (Å²) in [7, 11) is 3.11. The van der Waals surface area contributed by atoms with Crippen molar-refractivity contribution in [1.82, 2.24) is 4.98 Å². The van der Waals surface area contributed by atoms with E-state index in [0.29, 0.717) is 17.1 Å². The van der Waals surface area contributed by atoms with Crippen LogP contribution in [0.1, 0.15) is 15.9 Å². The van der Waals surface area contributed by atoms with Gasteiger partial charge in [-0.2, -0.15) is 0 Å². The number of esters is 1. The minimum atomic E-state index is -0.544. The number of benzene rings is 1. The molecule has 0 spiro atoms. The Balaban J connectivity index is 2.12. The fourth-order valence-corrected chi connectivity index (χ4v) is 1.95. The van der Waals surface area contributed by atoms with Crippen LogP contribution in [0.2, 0.25) is 5.15 Å². The van der Waals surface area contributed by atoms with Crippen LogP contribution in [0.25, 0.3) is 0 Å². The van der Waals surface area contributed by atoms with Gasteiger partial charge in [0.1, 0.15) is 23.3 Å². The molecule has 1 aromatic heterocycles. The molecule has 0 aliphatic carbocycles. The Morgan fingerprint density at radius 1 is 1.24 bits per heavy atom. The summed E-state index contributed by atoms with van der Waals surface area (Å²) in [6, 6.07) is 8.44. The zero-order chi connectivity index (χ0) is 15.2. The third-order valence-corrected chi connectivity index (χ3v) is 3.13. The first-order valence-corrected chi connectivity index (χ1v) is 6.52. The summed E-state index contributed by atoms with van der Waals surface area (Å²) in [5.41, 5.74) is 0.922. The van der Waals surface area contributed by atoms with Gasteiger partial charge in [0.2, 0.25) is 0 Å². The molecular weight excluding hydrogens is 294 g/mol. The Bertz CT molecular complexity index is 645. The number of nitrogens with zero attached hydrogens (tertiary/aromatic N) is 1. The minimum Gasteiger partial charge on any atom is -0.497 e. The third-order valence-electron chi connectivity index (χ3n) is 2.83. The van der Waals surface area contributed by atoms with Crippen LogP contribution in [0, 0.1) is 0 Å². The van der Waals surface area contributed by atoms with E-state index in [9.17, 15) is 4.79 Å². The van der Waals surface area contributed by atoms with E-state index in [1.54, 1.807) is 44.6 Å². The SMILES string of the molecule is COc1ccc(OC)c(COC(=O)c2cccnc2Cl)c1. The lowest BCUT2D eigenvalue weighted by atomic mass is 10.2. The van der Waals surface area contributed by atoms with E-state index in [2.05, 4.69) is 4.98 Å². The number of pyridine rings is 1. The second-order valence-electron chi connectivity index (χ2n) is 4.10. The maximum atomic E-state index is 12.0. The average molecular weight is 308 g/mol. The van der Waals surface area contributed by atoms with Gasteiger partial charge in [-0.25, -0.2) is 9.78 Å². The Morgan fingerprint density at radius 2 is 2.05 bits per heavy atom. The van der Waals surface area contributed by atoms with Gasteiger partial charge in [0.25, 0.3) is 0 Å². The van der Waals surface area contributed by atoms with Crippen molar-refractivity contribution < 1.29 is 19.0 Å². The molecule has 0 N–H and O–H groups in total. The number of halogens is 1. The Morgan fingerprint density at radius 3 is 2.71 bits per heavy atom. The van der Waals surface area contributed by atoms with Crippen LogP contribution in [0.15, 0.2) is 36.5 Å². The van der Waals surface area contributed by atoms with Crippen LogP contribution in [0.5, 0.6) is 11.5 Å². The van der Waals surface area contributed by atoms with Gasteiger partial charge in [-0.15, -0.1) is 0 Å². The van der Waals surface area contributed by atoms with Crippen LogP contribution >= 0.6 is 11.6 Å². The van der Waals surface area contributed by atoms with Crippen molar-refractivity contribution in [3.63, 3.8) is 0 Å². The number of hydrogen-bond acceptors (Lipinski definition) is 5. The highest BCUT2D eigenvalue weighted by Gasteiger charge is 2.14. The summed E-state index contributed by atoms with van der Waals surface area (Å²) in [5, 5.41) is 0.111. The van der Waals surface area contributed by atoms with Crippen molar-refractivity contribution in [3.05, 3.63) is 52.8 Å². The highest BCUT2D eigenvalue weighted by Crippen LogP contribution is 2.25. The summed E-state index contributed by atoms with van der Waals surface area (Å²) >= 11 is 5.85. The Labute approximate surface area is 127 Å². The number of ether oxygens (including phenoxy) is 3. The van der Waals surface area contributed by atoms with Gasteiger partial charge >= 0.3 is 5.97 Å². The number of hydrogen-bond donors (Lipinski definition) is 0. The lowest BCUT2D eigenvalue weighted by Gasteiger charge is -2.11. The van der Waals surface area contributed by atoms with Crippen LogP contribution in [0.4, 0.5) is 0 Å². The summed E-state index contributed by atoms with van der Waals surface area (Å²) in [4.78, 5) is 15.8. The quantitative estimate of drug-likeness (QED) is 0.627. The molecule has 0 fully saturated rings. The molecule has 0 aliphatic rings. The van der Waals surface area contributed by atoms with E-state index in [1.165, 1.54) is 6.20 Å². The van der Waals surface area contributed by atoms with E-state index in [0.717, 1.165) is 0 Å². The molecule has 110 valence electrons. The van der Waals surface area contributed by atoms with Gasteiger partial charge in [-0.1, -0.05) is 11.6 Å². The highest BCUT2D eigenvalue weighted by molar-refractivity contribution is 6.32. The van der Waals surface area contributed by atoms with Gasteiger partial charge in [0, 0.05) is 11.8 Å². The molecular formula is C15H14ClNO4. The van der Waals surface area contributed by atoms with E-state index in [-0.39, 0.29) is 17.3 Å². The third kappa shape index (κ3) is 3.64. The second-order valence-corrected chi connectivity index (χ2v) is 4.45. The van der Waals surface area contributed by atoms with Crippen molar-refractivity contribution in [3.8, 4) is 11.5 Å². The largest absolute Gasteiger partial charge is 0.497 e. The average Bonchev–Trinajstić information content (AvgIpc) is 2.52. The van der Waals surface area contributed by atoms with E-state index in [1.807, 2.05) is 0 Å². The number of methoxy groups -OCH3 is 2. The van der Waals surface area contributed by atoms with Gasteiger partial charge in [0.05, 0.1) is 19.8 Å². The van der Waals surface area contributed by atoms with Crippen molar-refractivity contribution in [2.45, 2.75) is 6.61 Å². The number of carbonyl (C=O) groups excluding carboxylic acids is 1. The minimum absolute atomic E-state index is 0.0461. The first-order chi connectivity index (χ1) is 10.2. The molecule has 0 saturated heterocycles. The predicted octanol–water partition coefficient (Wildman–Crippen LogP) is 3.11. The predicted molar refractivity (Wildman–Crippen MR) is 77.9 cm³/mol. The van der Waals surface area contributed by atoms with E-state index < -0.39 is 5.97 Å². The van der Waals surface area contributed by atoms with Crippen molar-refractivity contribution in [2.75, 3.05) is 14.2 Å². The molecule has 21 heavy (non-hydrogen) atoms. The van der Waals surface area contributed by atoms with Gasteiger partial charge in [-0.3, -0.25) is 0 Å². The van der Waals surface area contributed by atoms with Crippen molar-refractivity contribution in [1.29, 1.82) is 0 Å². The fraction of sp³-hybridized carbons (Fsp3) is 0.200. The molecule has 1 heterocycles. The van der Waals surface area contributed by atoms with Crippen molar-refractivity contribution >= 4 is 17.6 Å². The molecule has 0 unspecified atom stereocenters. The smallest absolute Gasteiger partial charge is 0.341 e. The molecule has 0 radical (unpaired) electrons. The van der Waals surface area contributed by atoms with Gasteiger partial charge < -0.3 is 14.2 Å². The van der Waals surface area contributed by atoms with Crippen LogP contribution in [-0.4, -0.2) is 25.2 Å². The van der Waals surface area contributed by atoms with E-state index in [4.69, 9.17) is 25.8 Å².